The molecular weight excluding hydrogens is 274 g/mol. The summed E-state index contributed by atoms with van der Waals surface area (Å²) >= 11 is 0. The van der Waals surface area contributed by atoms with Gasteiger partial charge in [0.1, 0.15) is 11.6 Å². The number of carbonyl (C=O) groups is 1. The Bertz CT molecular complexity index is 465. The number of halogens is 2. The second-order valence-electron chi connectivity index (χ2n) is 5.55. The molecule has 1 aromatic rings. The first-order valence-electron chi connectivity index (χ1n) is 7.55. The van der Waals surface area contributed by atoms with Crippen molar-refractivity contribution in [1.29, 1.82) is 0 Å². The maximum Gasteiger partial charge on any atom is 0.224 e. The van der Waals surface area contributed by atoms with Gasteiger partial charge >= 0.3 is 0 Å². The summed E-state index contributed by atoms with van der Waals surface area (Å²) in [5.41, 5.74) is -0.156. The van der Waals surface area contributed by atoms with Crippen LogP contribution in [0.1, 0.15) is 38.2 Å². The summed E-state index contributed by atoms with van der Waals surface area (Å²) in [5, 5.41) is 6.29. The normalized spacial score (nSPS) is 22.0. The van der Waals surface area contributed by atoms with Gasteiger partial charge in [-0.05, 0) is 44.4 Å². The van der Waals surface area contributed by atoms with Gasteiger partial charge in [-0.15, -0.1) is 0 Å². The van der Waals surface area contributed by atoms with Crippen LogP contribution in [-0.2, 0) is 11.2 Å². The molecule has 1 fully saturated rings. The lowest BCUT2D eigenvalue weighted by molar-refractivity contribution is -0.121. The smallest absolute Gasteiger partial charge is 0.224 e. The maximum atomic E-state index is 13.5. The number of amides is 1. The highest BCUT2D eigenvalue weighted by atomic mass is 19.1. The number of rotatable bonds is 5. The van der Waals surface area contributed by atoms with E-state index in [4.69, 9.17) is 0 Å². The average Bonchev–Trinajstić information content (AvgIpc) is 2.45. The zero-order valence-electron chi connectivity index (χ0n) is 12.3. The fourth-order valence-corrected chi connectivity index (χ4v) is 2.87. The quantitative estimate of drug-likeness (QED) is 0.877. The molecule has 21 heavy (non-hydrogen) atoms. The molecule has 0 unspecified atom stereocenters. The first-order chi connectivity index (χ1) is 10.1. The fraction of sp³-hybridized carbons (Fsp3) is 0.562. The number of hydrogen-bond donors (Lipinski definition) is 2. The third-order valence-corrected chi connectivity index (χ3v) is 3.98. The van der Waals surface area contributed by atoms with Crippen molar-refractivity contribution in [2.75, 3.05) is 6.54 Å². The van der Waals surface area contributed by atoms with Crippen LogP contribution in [0.25, 0.3) is 0 Å². The van der Waals surface area contributed by atoms with E-state index in [0.717, 1.165) is 32.2 Å². The largest absolute Gasteiger partial charge is 0.353 e. The van der Waals surface area contributed by atoms with Gasteiger partial charge in [0.05, 0.1) is 6.42 Å². The third-order valence-electron chi connectivity index (χ3n) is 3.98. The van der Waals surface area contributed by atoms with Crippen LogP contribution in [-0.4, -0.2) is 24.5 Å². The SMILES string of the molecule is CCNC1CCC(NC(=O)Cc2c(F)cccc2F)CC1. The van der Waals surface area contributed by atoms with Crippen LogP contribution in [0.15, 0.2) is 18.2 Å². The molecule has 0 radical (unpaired) electrons. The van der Waals surface area contributed by atoms with Crippen LogP contribution < -0.4 is 10.6 Å². The van der Waals surface area contributed by atoms with Gasteiger partial charge in [-0.2, -0.15) is 0 Å². The second kappa shape index (κ2) is 7.50. The number of carbonyl (C=O) groups excluding carboxylic acids is 1. The molecule has 5 heteroatoms. The minimum Gasteiger partial charge on any atom is -0.353 e. The first kappa shape index (κ1) is 15.9. The van der Waals surface area contributed by atoms with Crippen LogP contribution in [0.5, 0.6) is 0 Å². The van der Waals surface area contributed by atoms with Crippen molar-refractivity contribution in [3.8, 4) is 0 Å². The minimum atomic E-state index is -0.666. The Morgan fingerprint density at radius 1 is 1.14 bits per heavy atom. The van der Waals surface area contributed by atoms with Gasteiger partial charge in [0, 0.05) is 17.6 Å². The van der Waals surface area contributed by atoms with E-state index in [1.807, 2.05) is 0 Å². The molecule has 2 rings (SSSR count). The molecule has 0 bridgehead atoms. The average molecular weight is 296 g/mol. The Labute approximate surface area is 124 Å². The molecule has 0 saturated heterocycles. The number of hydrogen-bond acceptors (Lipinski definition) is 2. The lowest BCUT2D eigenvalue weighted by Crippen LogP contribution is -2.42. The lowest BCUT2D eigenvalue weighted by Gasteiger charge is -2.29. The Kier molecular flexibility index (Phi) is 5.67. The molecule has 1 aliphatic rings. The van der Waals surface area contributed by atoms with Crippen LogP contribution in [0.3, 0.4) is 0 Å². The summed E-state index contributed by atoms with van der Waals surface area (Å²) in [5.74, 6) is -1.65. The highest BCUT2D eigenvalue weighted by Crippen LogP contribution is 2.19. The Morgan fingerprint density at radius 3 is 2.29 bits per heavy atom. The van der Waals surface area contributed by atoms with Gasteiger partial charge in [0.15, 0.2) is 0 Å². The molecule has 0 atom stereocenters. The van der Waals surface area contributed by atoms with Crippen LogP contribution in [0, 0.1) is 11.6 Å². The van der Waals surface area contributed by atoms with Crippen molar-refractivity contribution in [2.45, 2.75) is 51.1 Å². The van der Waals surface area contributed by atoms with E-state index in [9.17, 15) is 13.6 Å². The van der Waals surface area contributed by atoms with Crippen LogP contribution in [0.4, 0.5) is 8.78 Å². The number of benzene rings is 1. The van der Waals surface area contributed by atoms with Gasteiger partial charge in [-0.25, -0.2) is 8.78 Å². The van der Waals surface area contributed by atoms with Crippen LogP contribution in [0.2, 0.25) is 0 Å². The molecule has 1 saturated carbocycles. The monoisotopic (exact) mass is 296 g/mol. The van der Waals surface area contributed by atoms with Gasteiger partial charge < -0.3 is 10.6 Å². The van der Waals surface area contributed by atoms with E-state index in [2.05, 4.69) is 17.6 Å². The van der Waals surface area contributed by atoms with Crippen molar-refractivity contribution in [3.05, 3.63) is 35.4 Å². The summed E-state index contributed by atoms with van der Waals surface area (Å²) in [6.07, 6.45) is 3.61. The fourth-order valence-electron chi connectivity index (χ4n) is 2.87. The molecule has 0 spiro atoms. The zero-order valence-corrected chi connectivity index (χ0v) is 12.3. The molecule has 2 N–H and O–H groups in total. The summed E-state index contributed by atoms with van der Waals surface area (Å²) in [6.45, 7) is 3.03. The Hall–Kier alpha value is -1.49. The minimum absolute atomic E-state index is 0.113. The van der Waals surface area contributed by atoms with E-state index >= 15 is 0 Å². The van der Waals surface area contributed by atoms with E-state index < -0.39 is 11.6 Å². The summed E-state index contributed by atoms with van der Waals surface area (Å²) in [4.78, 5) is 11.9. The molecule has 116 valence electrons. The molecule has 0 aromatic heterocycles. The number of nitrogens with one attached hydrogen (secondary N) is 2. The van der Waals surface area contributed by atoms with Gasteiger partial charge in [0.25, 0.3) is 0 Å². The highest BCUT2D eigenvalue weighted by Gasteiger charge is 2.22. The second-order valence-corrected chi connectivity index (χ2v) is 5.55. The van der Waals surface area contributed by atoms with Crippen molar-refractivity contribution < 1.29 is 13.6 Å². The first-order valence-corrected chi connectivity index (χ1v) is 7.55. The third kappa shape index (κ3) is 4.49. The standard InChI is InChI=1S/C16H22F2N2O/c1-2-19-11-6-8-12(9-7-11)20-16(21)10-13-14(17)4-3-5-15(13)18/h3-5,11-12,19H,2,6-10H2,1H3,(H,20,21). The van der Waals surface area contributed by atoms with E-state index in [1.165, 1.54) is 18.2 Å². The molecule has 1 aliphatic carbocycles. The van der Waals surface area contributed by atoms with E-state index in [-0.39, 0.29) is 23.9 Å². The van der Waals surface area contributed by atoms with E-state index in [1.54, 1.807) is 0 Å². The van der Waals surface area contributed by atoms with Crippen LogP contribution >= 0.6 is 0 Å². The Balaban J connectivity index is 1.83. The molecule has 0 heterocycles. The maximum absolute atomic E-state index is 13.5. The van der Waals surface area contributed by atoms with Gasteiger partial charge in [0.2, 0.25) is 5.91 Å². The van der Waals surface area contributed by atoms with Gasteiger partial charge in [-0.1, -0.05) is 13.0 Å². The van der Waals surface area contributed by atoms with Crippen molar-refractivity contribution in [1.82, 2.24) is 10.6 Å². The van der Waals surface area contributed by atoms with E-state index in [0.29, 0.717) is 6.04 Å². The summed E-state index contributed by atoms with van der Waals surface area (Å²) in [6, 6.07) is 4.28. The highest BCUT2D eigenvalue weighted by molar-refractivity contribution is 5.79. The van der Waals surface area contributed by atoms with Crippen molar-refractivity contribution in [2.24, 2.45) is 0 Å². The Morgan fingerprint density at radius 2 is 1.71 bits per heavy atom. The predicted octanol–water partition coefficient (Wildman–Crippen LogP) is 2.54. The molecular formula is C16H22F2N2O. The molecule has 0 aliphatic heterocycles. The predicted molar refractivity (Wildman–Crippen MR) is 77.9 cm³/mol. The zero-order chi connectivity index (χ0) is 15.2. The lowest BCUT2D eigenvalue weighted by atomic mass is 9.91. The summed E-state index contributed by atoms with van der Waals surface area (Å²) < 4.78 is 27.0. The van der Waals surface area contributed by atoms with Crippen molar-refractivity contribution in [3.63, 3.8) is 0 Å². The molecule has 1 aromatic carbocycles. The topological polar surface area (TPSA) is 41.1 Å². The summed E-state index contributed by atoms with van der Waals surface area (Å²) in [7, 11) is 0. The van der Waals surface area contributed by atoms with Gasteiger partial charge in [-0.3, -0.25) is 4.79 Å². The van der Waals surface area contributed by atoms with Crippen molar-refractivity contribution >= 4 is 5.91 Å². The molecule has 3 nitrogen and oxygen atoms in total. The molecule has 1 amide bonds.